The summed E-state index contributed by atoms with van der Waals surface area (Å²) in [6, 6.07) is 120. The lowest BCUT2D eigenvalue weighted by molar-refractivity contribution is 0.794. The van der Waals surface area contributed by atoms with E-state index in [4.69, 9.17) is 0 Å². The molecule has 6 aliphatic rings. The second-order valence-electron chi connectivity index (χ2n) is 29.4. The normalized spacial score (nSPS) is 15.1. The third kappa shape index (κ3) is 7.87. The minimum Gasteiger partial charge on any atom is -0.311 e. The Bertz CT molecular complexity index is 6880. The fourth-order valence-electron chi connectivity index (χ4n) is 20.3. The molecule has 498 valence electrons. The molecule has 0 unspecified atom stereocenters. The lowest BCUT2D eigenvalue weighted by atomic mass is 9.33. The Morgan fingerprint density at radius 1 is 0.231 bits per heavy atom. The highest BCUT2D eigenvalue weighted by Gasteiger charge is 2.54. The first-order valence-electron chi connectivity index (χ1n) is 41.2. The number of rotatable bonds is 7. The van der Waals surface area contributed by atoms with Gasteiger partial charge in [-0.2, -0.15) is 0 Å². The van der Waals surface area contributed by atoms with E-state index in [-0.39, 0.29) is 33.9 Å². The predicted molar refractivity (Wildman–Crippen MR) is 449 cm³/mol. The monoisotopic (exact) mass is 1370 g/mol. The largest absolute Gasteiger partial charge is 0.311 e. The lowest BCUT2D eigenvalue weighted by Gasteiger charge is -2.45. The van der Waals surface area contributed by atoms with Crippen LogP contribution in [0.3, 0.4) is 0 Å². The van der Waals surface area contributed by atoms with Gasteiger partial charge in [0.15, 0.2) is 0 Å². The molecule has 0 saturated carbocycles. The molecule has 3 heterocycles. The summed E-state index contributed by atoms with van der Waals surface area (Å²) >= 11 is 0. The number of fused-ring (bicyclic) bond motifs is 27. The highest BCUT2D eigenvalue weighted by atomic mass is 15.2. The van der Waals surface area contributed by atoms with E-state index in [0.717, 1.165) is 95.0 Å². The van der Waals surface area contributed by atoms with Crippen molar-refractivity contribution in [3.05, 3.63) is 433 Å². The number of benzene rings is 17. The summed E-state index contributed by atoms with van der Waals surface area (Å²) in [6.45, 7) is -0.493. The number of aromatic nitrogens is 1. The fourth-order valence-corrected chi connectivity index (χ4v) is 20.3. The highest BCUT2D eigenvalue weighted by molar-refractivity contribution is 7.00. The number of hydrogen-bond donors (Lipinski definition) is 0. The van der Waals surface area contributed by atoms with Crippen LogP contribution in [-0.2, 0) is 10.8 Å². The molecular weight excluding hydrogens is 1300 g/mol. The van der Waals surface area contributed by atoms with E-state index in [1.807, 2.05) is 0 Å². The zero-order valence-corrected chi connectivity index (χ0v) is 58.3. The number of anilines is 6. The number of hydrogen-bond acceptors (Lipinski definition) is 2. The van der Waals surface area contributed by atoms with E-state index in [0.29, 0.717) is 5.69 Å². The summed E-state index contributed by atoms with van der Waals surface area (Å²) in [5, 5.41) is -0.00500. The standard InChI is InChI=1S/C104H64BN3/c1-3-27-65(28-4-1)67-53-57-98-92(61-67)105-93-62-68(66-29-5-2-6-30-66)54-58-99(93)108(95-48-24-14-32-73(95)70-52-56-81-79-38-12-22-46-89(79)104(91(81)60-70)86-43-19-9-35-76(86)77-36-10-20-44-87(77)104)101-64-71(106-96-49-25-15-39-82(96)83-40-16-26-50-97(83)106)63-100(102(101)105)107(98)94-47-23-13-31-72(94)69-51-55-80-78-37-11-21-45-88(78)103(90(80)59-69)84-41-17-7-33-74(84)75-34-8-18-42-85(75)103/h1-64H/i15D,16D,25D,26D,39D,40D,49D,50D. The molecule has 18 aromatic rings. The summed E-state index contributed by atoms with van der Waals surface area (Å²) < 4.78 is 79.1. The Kier molecular flexibility index (Phi) is 10.8. The maximum atomic E-state index is 10.1. The van der Waals surface area contributed by atoms with Crippen molar-refractivity contribution >= 4 is 79.0 Å². The van der Waals surface area contributed by atoms with Gasteiger partial charge in [-0.1, -0.05) is 327 Å². The van der Waals surface area contributed by atoms with Gasteiger partial charge < -0.3 is 14.4 Å². The van der Waals surface area contributed by atoms with Crippen molar-refractivity contribution in [2.45, 2.75) is 10.8 Å². The average Bonchev–Trinajstić information content (AvgIpc) is 1.50. The molecule has 17 aromatic carbocycles. The van der Waals surface area contributed by atoms with E-state index in [1.54, 1.807) is 4.57 Å². The van der Waals surface area contributed by atoms with Crippen LogP contribution in [0.1, 0.15) is 55.5 Å². The fraction of sp³-hybridized carbons (Fsp3) is 0.0192. The Morgan fingerprint density at radius 3 is 0.926 bits per heavy atom. The van der Waals surface area contributed by atoms with Gasteiger partial charge in [-0.05, 0) is 199 Å². The summed E-state index contributed by atoms with van der Waals surface area (Å²) in [6.07, 6.45) is 0. The molecule has 108 heavy (non-hydrogen) atoms. The van der Waals surface area contributed by atoms with Crippen LogP contribution >= 0.6 is 0 Å². The molecule has 2 spiro atoms. The van der Waals surface area contributed by atoms with Gasteiger partial charge in [-0.25, -0.2) is 0 Å². The van der Waals surface area contributed by atoms with Crippen LogP contribution in [-0.4, -0.2) is 11.3 Å². The summed E-state index contributed by atoms with van der Waals surface area (Å²) in [7, 11) is 0. The minimum absolute atomic E-state index is 0.00250. The molecule has 4 aliphatic carbocycles. The molecule has 2 aliphatic heterocycles. The zero-order chi connectivity index (χ0) is 77.5. The van der Waals surface area contributed by atoms with E-state index in [1.165, 1.54) is 89.0 Å². The molecule has 0 radical (unpaired) electrons. The molecule has 1 aromatic heterocycles. The van der Waals surface area contributed by atoms with E-state index in [9.17, 15) is 11.0 Å². The van der Waals surface area contributed by atoms with Crippen LogP contribution in [0.4, 0.5) is 34.1 Å². The van der Waals surface area contributed by atoms with Crippen molar-refractivity contribution in [1.29, 1.82) is 0 Å². The van der Waals surface area contributed by atoms with Gasteiger partial charge in [-0.3, -0.25) is 0 Å². The molecule has 0 fully saturated rings. The molecule has 24 rings (SSSR count). The molecule has 0 atom stereocenters. The molecule has 4 heteroatoms. The highest BCUT2D eigenvalue weighted by Crippen LogP contribution is 2.66. The van der Waals surface area contributed by atoms with Gasteiger partial charge in [-0.15, -0.1) is 0 Å². The first-order chi connectivity index (χ1) is 56.9. The van der Waals surface area contributed by atoms with Gasteiger partial charge >= 0.3 is 0 Å². The third-order valence-corrected chi connectivity index (χ3v) is 24.5. The van der Waals surface area contributed by atoms with Gasteiger partial charge in [0.1, 0.15) is 0 Å². The molecule has 0 saturated heterocycles. The van der Waals surface area contributed by atoms with Crippen molar-refractivity contribution in [1.82, 2.24) is 4.57 Å². The van der Waals surface area contributed by atoms with Crippen LogP contribution in [0.2, 0.25) is 0 Å². The van der Waals surface area contributed by atoms with Crippen LogP contribution in [0.25, 0.3) is 117 Å². The van der Waals surface area contributed by atoms with Crippen molar-refractivity contribution in [3.8, 4) is 94.7 Å². The van der Waals surface area contributed by atoms with Crippen molar-refractivity contribution in [2.75, 3.05) is 9.80 Å². The van der Waals surface area contributed by atoms with E-state index >= 15 is 0 Å². The maximum Gasteiger partial charge on any atom is 0.252 e. The quantitative estimate of drug-likeness (QED) is 0.147. The Hall–Kier alpha value is -13.8. The van der Waals surface area contributed by atoms with Crippen molar-refractivity contribution in [2.24, 2.45) is 0 Å². The van der Waals surface area contributed by atoms with E-state index < -0.39 is 53.8 Å². The molecule has 0 N–H and O–H groups in total. The molecule has 0 amide bonds. The predicted octanol–water partition coefficient (Wildman–Crippen LogP) is 24.2. The Balaban J connectivity index is 0.824. The topological polar surface area (TPSA) is 11.4 Å². The van der Waals surface area contributed by atoms with Crippen LogP contribution in [0, 0.1) is 0 Å². The van der Waals surface area contributed by atoms with Gasteiger partial charge in [0, 0.05) is 44.6 Å². The first kappa shape index (κ1) is 52.2. The molecule has 0 bridgehead atoms. The van der Waals surface area contributed by atoms with Crippen molar-refractivity contribution in [3.63, 3.8) is 0 Å². The number of nitrogens with zero attached hydrogens (tertiary/aromatic N) is 3. The third-order valence-electron chi connectivity index (χ3n) is 24.5. The Morgan fingerprint density at radius 2 is 0.546 bits per heavy atom. The lowest BCUT2D eigenvalue weighted by Crippen LogP contribution is -2.61. The second-order valence-corrected chi connectivity index (χ2v) is 29.4. The van der Waals surface area contributed by atoms with Gasteiger partial charge in [0.2, 0.25) is 0 Å². The van der Waals surface area contributed by atoms with Crippen LogP contribution < -0.4 is 26.2 Å². The Labute approximate surface area is 638 Å². The van der Waals surface area contributed by atoms with E-state index in [2.05, 4.69) is 350 Å². The zero-order valence-electron chi connectivity index (χ0n) is 66.3. The number of para-hydroxylation sites is 4. The smallest absolute Gasteiger partial charge is 0.252 e. The minimum atomic E-state index is -0.644. The molecule has 3 nitrogen and oxygen atoms in total. The first-order valence-corrected chi connectivity index (χ1v) is 37.2. The van der Waals surface area contributed by atoms with Crippen LogP contribution in [0.15, 0.2) is 388 Å². The van der Waals surface area contributed by atoms with Crippen molar-refractivity contribution < 1.29 is 11.0 Å². The molecular formula is C104H64BN3. The van der Waals surface area contributed by atoms with Gasteiger partial charge in [0.25, 0.3) is 6.71 Å². The summed E-state index contributed by atoms with van der Waals surface area (Å²) in [5.41, 5.74) is 34.7. The average molecular weight is 1370 g/mol. The van der Waals surface area contributed by atoms with Crippen LogP contribution in [0.5, 0.6) is 0 Å². The SMILES string of the molecule is [2H]c1c([2H])c([2H])c2c(c1[2H])c1c([2H])c([2H])c([2H])c([2H])c1n2-c1cc2c3c(c1)N(c1ccccc1-c1ccc4c(c1)C1(c5ccccc5-c5ccccc51)c1ccccc1-4)c1ccc(-c4ccccc4)cc1B3c1cc(-c3ccccc3)ccc1N2c1ccccc1-c1ccc2c(c1)C1(c3ccccc3-c3ccccc31)c1ccccc1-2. The summed E-state index contributed by atoms with van der Waals surface area (Å²) in [4.78, 5) is 4.81. The van der Waals surface area contributed by atoms with Gasteiger partial charge in [0.05, 0.1) is 49.9 Å². The summed E-state index contributed by atoms with van der Waals surface area (Å²) in [5.74, 6) is 0. The maximum absolute atomic E-state index is 10.1. The second kappa shape index (κ2) is 22.4.